The first-order valence-corrected chi connectivity index (χ1v) is 10.5. The van der Waals surface area contributed by atoms with Crippen molar-refractivity contribution in [1.29, 1.82) is 0 Å². The van der Waals surface area contributed by atoms with Gasteiger partial charge >= 0.3 is 5.97 Å². The number of carboxylic acid groups (broad SMARTS) is 1. The molecule has 1 unspecified atom stereocenters. The average molecular weight is 435 g/mol. The third kappa shape index (κ3) is 6.41. The Labute approximate surface area is 186 Å². The number of phenols is 1. The molecule has 0 heterocycles. The van der Waals surface area contributed by atoms with Crippen molar-refractivity contribution in [1.82, 2.24) is 0 Å². The predicted molar refractivity (Wildman–Crippen MR) is 121 cm³/mol. The largest absolute Gasteiger partial charge is 0.506 e. The van der Waals surface area contributed by atoms with Crippen molar-refractivity contribution in [3.05, 3.63) is 94.8 Å². The maximum atomic E-state index is 13.1. The van der Waals surface area contributed by atoms with Crippen LogP contribution in [0.3, 0.4) is 0 Å². The molecular weight excluding hydrogens is 409 g/mol. The van der Waals surface area contributed by atoms with E-state index < -0.39 is 11.9 Å². The van der Waals surface area contributed by atoms with Crippen molar-refractivity contribution in [2.45, 2.75) is 38.5 Å². The average Bonchev–Trinajstić information content (AvgIpc) is 2.77. The SMILES string of the molecule is CC(C(=O)Nc1cc(Cc2ccc(CCCC(=O)O)cc2)ccc1O)c1ccc(F)cc1. The number of rotatable bonds is 9. The zero-order valence-corrected chi connectivity index (χ0v) is 17.8. The molecule has 1 amide bonds. The van der Waals surface area contributed by atoms with Crippen LogP contribution in [-0.4, -0.2) is 22.1 Å². The molecule has 32 heavy (non-hydrogen) atoms. The Morgan fingerprint density at radius 1 is 0.938 bits per heavy atom. The number of hydrogen-bond acceptors (Lipinski definition) is 3. The van der Waals surface area contributed by atoms with Crippen molar-refractivity contribution in [3.8, 4) is 5.75 Å². The van der Waals surface area contributed by atoms with Gasteiger partial charge in [0.15, 0.2) is 0 Å². The van der Waals surface area contributed by atoms with Crippen molar-refractivity contribution in [2.24, 2.45) is 0 Å². The van der Waals surface area contributed by atoms with E-state index in [0.717, 1.165) is 16.7 Å². The van der Waals surface area contributed by atoms with Crippen molar-refractivity contribution in [2.75, 3.05) is 5.32 Å². The van der Waals surface area contributed by atoms with Gasteiger partial charge in [-0.2, -0.15) is 0 Å². The fourth-order valence-electron chi connectivity index (χ4n) is 3.44. The summed E-state index contributed by atoms with van der Waals surface area (Å²) in [4.78, 5) is 23.3. The van der Waals surface area contributed by atoms with Gasteiger partial charge in [0.2, 0.25) is 5.91 Å². The monoisotopic (exact) mass is 435 g/mol. The fourth-order valence-corrected chi connectivity index (χ4v) is 3.44. The first kappa shape index (κ1) is 23.0. The summed E-state index contributed by atoms with van der Waals surface area (Å²) in [6, 6.07) is 18.8. The van der Waals surface area contributed by atoms with Gasteiger partial charge in [-0.05, 0) is 72.7 Å². The van der Waals surface area contributed by atoms with Crippen LogP contribution in [0, 0.1) is 5.82 Å². The zero-order chi connectivity index (χ0) is 23.1. The minimum atomic E-state index is -0.788. The number of nitrogens with one attached hydrogen (secondary N) is 1. The fraction of sp³-hybridized carbons (Fsp3) is 0.231. The molecule has 0 saturated carbocycles. The lowest BCUT2D eigenvalue weighted by Gasteiger charge is -2.14. The zero-order valence-electron chi connectivity index (χ0n) is 17.8. The van der Waals surface area contributed by atoms with Crippen molar-refractivity contribution in [3.63, 3.8) is 0 Å². The molecule has 1 atom stereocenters. The molecule has 0 fully saturated rings. The second kappa shape index (κ2) is 10.6. The molecule has 0 aliphatic heterocycles. The topological polar surface area (TPSA) is 86.6 Å². The number of halogens is 1. The number of benzene rings is 3. The Balaban J connectivity index is 1.64. The van der Waals surface area contributed by atoms with E-state index >= 15 is 0 Å². The smallest absolute Gasteiger partial charge is 0.303 e. The van der Waals surface area contributed by atoms with Crippen LogP contribution in [0.1, 0.15) is 47.9 Å². The Bertz CT molecular complexity index is 1080. The number of amides is 1. The number of carboxylic acids is 1. The van der Waals surface area contributed by atoms with Crippen LogP contribution in [0.25, 0.3) is 0 Å². The highest BCUT2D eigenvalue weighted by atomic mass is 19.1. The summed E-state index contributed by atoms with van der Waals surface area (Å²) in [5.74, 6) is -1.98. The molecule has 0 saturated heterocycles. The maximum absolute atomic E-state index is 13.1. The van der Waals surface area contributed by atoms with Crippen LogP contribution in [0.4, 0.5) is 10.1 Å². The van der Waals surface area contributed by atoms with Gasteiger partial charge in [0.25, 0.3) is 0 Å². The van der Waals surface area contributed by atoms with E-state index in [1.54, 1.807) is 37.3 Å². The highest BCUT2D eigenvalue weighted by Crippen LogP contribution is 2.27. The third-order valence-electron chi connectivity index (χ3n) is 5.37. The number of carbonyl (C=O) groups excluding carboxylic acids is 1. The van der Waals surface area contributed by atoms with Crippen LogP contribution < -0.4 is 5.32 Å². The first-order valence-electron chi connectivity index (χ1n) is 10.5. The van der Waals surface area contributed by atoms with Gasteiger partial charge in [-0.15, -0.1) is 0 Å². The Morgan fingerprint density at radius 3 is 2.22 bits per heavy atom. The highest BCUT2D eigenvalue weighted by Gasteiger charge is 2.17. The third-order valence-corrected chi connectivity index (χ3v) is 5.37. The Hall–Kier alpha value is -3.67. The highest BCUT2D eigenvalue weighted by molar-refractivity contribution is 5.96. The summed E-state index contributed by atoms with van der Waals surface area (Å²) in [7, 11) is 0. The second-order valence-electron chi connectivity index (χ2n) is 7.85. The summed E-state index contributed by atoms with van der Waals surface area (Å²) >= 11 is 0. The molecule has 0 aromatic heterocycles. The van der Waals surface area contributed by atoms with E-state index in [4.69, 9.17) is 5.11 Å². The van der Waals surface area contributed by atoms with Crippen LogP contribution in [-0.2, 0) is 22.4 Å². The first-order chi connectivity index (χ1) is 15.3. The number of aliphatic carboxylic acids is 1. The quantitative estimate of drug-likeness (QED) is 0.400. The maximum Gasteiger partial charge on any atom is 0.303 e. The van der Waals surface area contributed by atoms with Gasteiger partial charge in [0.1, 0.15) is 11.6 Å². The summed E-state index contributed by atoms with van der Waals surface area (Å²) in [6.07, 6.45) is 2.09. The van der Waals surface area contributed by atoms with Gasteiger partial charge in [-0.25, -0.2) is 4.39 Å². The molecule has 3 aromatic carbocycles. The minimum absolute atomic E-state index is 0.0258. The molecule has 6 heteroatoms. The van der Waals surface area contributed by atoms with E-state index in [1.165, 1.54) is 12.1 Å². The molecule has 5 nitrogen and oxygen atoms in total. The number of aromatic hydroxyl groups is 1. The van der Waals surface area contributed by atoms with E-state index in [2.05, 4.69) is 5.32 Å². The van der Waals surface area contributed by atoms with Crippen LogP contribution >= 0.6 is 0 Å². The van der Waals surface area contributed by atoms with Gasteiger partial charge in [0, 0.05) is 6.42 Å². The minimum Gasteiger partial charge on any atom is -0.506 e. The van der Waals surface area contributed by atoms with E-state index in [1.807, 2.05) is 24.3 Å². The summed E-state index contributed by atoms with van der Waals surface area (Å²) in [5, 5.41) is 21.7. The van der Waals surface area contributed by atoms with E-state index in [9.17, 15) is 19.1 Å². The lowest BCUT2D eigenvalue weighted by molar-refractivity contribution is -0.137. The second-order valence-corrected chi connectivity index (χ2v) is 7.85. The molecule has 3 rings (SSSR count). The summed E-state index contributed by atoms with van der Waals surface area (Å²) in [5.41, 5.74) is 4.08. The molecule has 0 aliphatic carbocycles. The van der Waals surface area contributed by atoms with Crippen LogP contribution in [0.15, 0.2) is 66.7 Å². The van der Waals surface area contributed by atoms with Crippen LogP contribution in [0.5, 0.6) is 5.75 Å². The number of aryl methyl sites for hydroxylation is 1. The predicted octanol–water partition coefficient (Wildman–Crippen LogP) is 5.27. The summed E-state index contributed by atoms with van der Waals surface area (Å²) < 4.78 is 13.1. The molecule has 3 N–H and O–H groups in total. The molecule has 0 spiro atoms. The number of phenolic OH excluding ortho intramolecular Hbond substituents is 1. The van der Waals surface area contributed by atoms with Gasteiger partial charge in [-0.1, -0.05) is 42.5 Å². The standard InChI is InChI=1S/C26H26FNO4/c1-17(21-10-12-22(27)13-11-21)26(32)28-23-16-20(9-14-24(23)29)15-19-7-5-18(6-8-19)3-2-4-25(30)31/h5-14,16-17,29H,2-4,15H2,1H3,(H,28,32)(H,30,31). The van der Waals surface area contributed by atoms with Gasteiger partial charge in [0.05, 0.1) is 11.6 Å². The van der Waals surface area contributed by atoms with Gasteiger partial charge < -0.3 is 15.5 Å². The Morgan fingerprint density at radius 2 is 1.56 bits per heavy atom. The van der Waals surface area contributed by atoms with Crippen molar-refractivity contribution >= 4 is 17.6 Å². The number of hydrogen-bond donors (Lipinski definition) is 3. The normalized spacial score (nSPS) is 11.7. The molecule has 166 valence electrons. The molecular formula is C26H26FNO4. The molecule has 0 bridgehead atoms. The molecule has 0 aliphatic rings. The van der Waals surface area contributed by atoms with Gasteiger partial charge in [-0.3, -0.25) is 9.59 Å². The van der Waals surface area contributed by atoms with E-state index in [-0.39, 0.29) is 23.9 Å². The lowest BCUT2D eigenvalue weighted by atomic mass is 9.99. The van der Waals surface area contributed by atoms with E-state index in [0.29, 0.717) is 30.5 Å². The lowest BCUT2D eigenvalue weighted by Crippen LogP contribution is -2.19. The summed E-state index contributed by atoms with van der Waals surface area (Å²) in [6.45, 7) is 1.72. The number of anilines is 1. The van der Waals surface area contributed by atoms with Crippen LogP contribution in [0.2, 0.25) is 0 Å². The molecule has 3 aromatic rings. The van der Waals surface area contributed by atoms with Crippen molar-refractivity contribution < 1.29 is 24.2 Å². The molecule has 0 radical (unpaired) electrons. The number of carbonyl (C=O) groups is 2. The Kier molecular flexibility index (Phi) is 7.60.